The highest BCUT2D eigenvalue weighted by Crippen LogP contribution is 2.28. The summed E-state index contributed by atoms with van der Waals surface area (Å²) in [6, 6.07) is 9.73. The molecule has 5 heteroatoms. The Kier molecular flexibility index (Phi) is 9.14. The van der Waals surface area contributed by atoms with Gasteiger partial charge in [-0.05, 0) is 31.5 Å². The zero-order valence-electron chi connectivity index (χ0n) is 15.1. The Hall–Kier alpha value is -1.83. The molecule has 3 rings (SSSR count). The number of halogens is 1. The van der Waals surface area contributed by atoms with Crippen molar-refractivity contribution in [1.29, 1.82) is 5.26 Å². The lowest BCUT2D eigenvalue weighted by Crippen LogP contribution is -2.22. The number of nitrogens with zero attached hydrogens (tertiary/aromatic N) is 3. The lowest BCUT2D eigenvalue weighted by Gasteiger charge is -2.12. The van der Waals surface area contributed by atoms with Crippen LogP contribution in [0, 0.1) is 11.3 Å². The summed E-state index contributed by atoms with van der Waals surface area (Å²) < 4.78 is 2.03. The average Bonchev–Trinajstić information content (AvgIpc) is 2.85. The molecule has 0 spiro atoms. The van der Waals surface area contributed by atoms with Crippen molar-refractivity contribution in [2.24, 2.45) is 7.05 Å². The molecule has 1 aromatic heterocycles. The van der Waals surface area contributed by atoms with Gasteiger partial charge in [0, 0.05) is 48.8 Å². The van der Waals surface area contributed by atoms with Gasteiger partial charge in [-0.3, -0.25) is 4.68 Å². The maximum Gasteiger partial charge on any atom is 0.0957 e. The van der Waals surface area contributed by atoms with E-state index < -0.39 is 0 Å². The van der Waals surface area contributed by atoms with E-state index >= 15 is 0 Å². The van der Waals surface area contributed by atoms with Gasteiger partial charge in [-0.1, -0.05) is 37.6 Å². The van der Waals surface area contributed by atoms with Crippen LogP contribution in [0.15, 0.2) is 24.3 Å². The lowest BCUT2D eigenvalue weighted by molar-refractivity contribution is 0.600. The van der Waals surface area contributed by atoms with Crippen molar-refractivity contribution in [1.82, 2.24) is 15.1 Å². The monoisotopic (exact) mass is 346 g/mol. The van der Waals surface area contributed by atoms with Crippen molar-refractivity contribution in [2.75, 3.05) is 13.1 Å². The van der Waals surface area contributed by atoms with E-state index in [1.54, 1.807) is 6.07 Å². The molecule has 4 nitrogen and oxygen atoms in total. The summed E-state index contributed by atoms with van der Waals surface area (Å²) in [6.07, 6.45) is 3.31. The van der Waals surface area contributed by atoms with E-state index in [1.807, 2.05) is 37.7 Å². The van der Waals surface area contributed by atoms with Crippen LogP contribution < -0.4 is 5.32 Å². The number of benzene rings is 1. The third kappa shape index (κ3) is 5.36. The van der Waals surface area contributed by atoms with Gasteiger partial charge in [0.05, 0.1) is 11.8 Å². The highest BCUT2D eigenvalue weighted by molar-refractivity contribution is 6.30. The third-order valence-corrected chi connectivity index (χ3v) is 3.96. The maximum atomic E-state index is 7.32. The lowest BCUT2D eigenvalue weighted by atomic mass is 9.99. The van der Waals surface area contributed by atoms with Gasteiger partial charge < -0.3 is 5.32 Å². The number of hydrogen-bond donors (Lipinski definition) is 1. The fraction of sp³-hybridized carbons (Fsp3) is 0.474. The molecule has 2 heterocycles. The zero-order valence-corrected chi connectivity index (χ0v) is 15.8. The van der Waals surface area contributed by atoms with Crippen LogP contribution in [0.1, 0.15) is 38.4 Å². The standard InChI is InChI=1S/C15H18ClN3.C2H3N.C2H6/c1-19-14-8-10-17-9-2-3-13(14)15(18-19)11-4-6-12(16)7-5-11;1-2-3;1-2/h4-7,17H,2-3,8-10H2,1H3;1H3;1-2H3. The minimum atomic E-state index is 0.770. The van der Waals surface area contributed by atoms with Crippen LogP contribution in [0.2, 0.25) is 5.02 Å². The fourth-order valence-corrected chi connectivity index (χ4v) is 2.87. The Balaban J connectivity index is 0.000000521. The molecule has 0 aliphatic carbocycles. The number of hydrogen-bond acceptors (Lipinski definition) is 3. The quantitative estimate of drug-likeness (QED) is 0.833. The van der Waals surface area contributed by atoms with Crippen molar-refractivity contribution in [3.8, 4) is 17.3 Å². The Morgan fingerprint density at radius 1 is 1.17 bits per heavy atom. The van der Waals surface area contributed by atoms with Gasteiger partial charge >= 0.3 is 0 Å². The van der Waals surface area contributed by atoms with Crippen molar-refractivity contribution >= 4 is 11.6 Å². The van der Waals surface area contributed by atoms with Gasteiger partial charge in [-0.15, -0.1) is 0 Å². The molecule has 2 aromatic rings. The van der Waals surface area contributed by atoms with E-state index in [2.05, 4.69) is 17.4 Å². The molecule has 0 saturated heterocycles. The normalized spacial score (nSPS) is 13.0. The topological polar surface area (TPSA) is 53.6 Å². The van der Waals surface area contributed by atoms with Crippen LogP contribution in [-0.2, 0) is 19.9 Å². The summed E-state index contributed by atoms with van der Waals surface area (Å²) in [4.78, 5) is 0. The highest BCUT2D eigenvalue weighted by atomic mass is 35.5. The molecular weight excluding hydrogens is 320 g/mol. The van der Waals surface area contributed by atoms with Gasteiger partial charge in [0.1, 0.15) is 0 Å². The summed E-state index contributed by atoms with van der Waals surface area (Å²) in [6.45, 7) is 7.56. The van der Waals surface area contributed by atoms with E-state index in [4.69, 9.17) is 22.0 Å². The smallest absolute Gasteiger partial charge is 0.0957 e. The molecule has 1 aromatic carbocycles. The first-order chi connectivity index (χ1) is 11.7. The summed E-state index contributed by atoms with van der Waals surface area (Å²) in [7, 11) is 2.04. The molecule has 1 aliphatic rings. The van der Waals surface area contributed by atoms with E-state index in [-0.39, 0.29) is 0 Å². The molecule has 0 unspecified atom stereocenters. The molecule has 24 heavy (non-hydrogen) atoms. The van der Waals surface area contributed by atoms with E-state index in [0.717, 1.165) is 42.2 Å². The Labute approximate surface area is 150 Å². The van der Waals surface area contributed by atoms with Gasteiger partial charge in [0.25, 0.3) is 0 Å². The number of nitrogens with one attached hydrogen (secondary N) is 1. The van der Waals surface area contributed by atoms with Crippen LogP contribution in [0.4, 0.5) is 0 Å². The predicted molar refractivity (Wildman–Crippen MR) is 101 cm³/mol. The Morgan fingerprint density at radius 3 is 2.42 bits per heavy atom. The molecule has 0 radical (unpaired) electrons. The Bertz CT molecular complexity index is 653. The number of fused-ring (bicyclic) bond motifs is 1. The highest BCUT2D eigenvalue weighted by Gasteiger charge is 2.18. The van der Waals surface area contributed by atoms with Crippen molar-refractivity contribution in [2.45, 2.75) is 40.0 Å². The summed E-state index contributed by atoms with van der Waals surface area (Å²) in [5.41, 5.74) is 5.05. The summed E-state index contributed by atoms with van der Waals surface area (Å²) in [5.74, 6) is 0. The second-order valence-electron chi connectivity index (χ2n) is 5.23. The average molecular weight is 347 g/mol. The summed E-state index contributed by atoms with van der Waals surface area (Å²) in [5, 5.41) is 16.3. The second-order valence-corrected chi connectivity index (χ2v) is 5.67. The minimum absolute atomic E-state index is 0.770. The van der Waals surface area contributed by atoms with E-state index in [1.165, 1.54) is 24.6 Å². The SMILES string of the molecule is CC.CC#N.Cn1nc(-c2ccc(Cl)cc2)c2c1CCNCCC2. The number of aryl methyl sites for hydroxylation is 1. The largest absolute Gasteiger partial charge is 0.316 e. The van der Waals surface area contributed by atoms with Crippen LogP contribution in [0.5, 0.6) is 0 Å². The van der Waals surface area contributed by atoms with Crippen LogP contribution in [-0.4, -0.2) is 22.9 Å². The van der Waals surface area contributed by atoms with Gasteiger partial charge in [0.15, 0.2) is 0 Å². The molecule has 1 aliphatic heterocycles. The van der Waals surface area contributed by atoms with Crippen LogP contribution in [0.25, 0.3) is 11.3 Å². The number of nitriles is 1. The molecule has 0 fully saturated rings. The first-order valence-corrected chi connectivity index (χ1v) is 8.87. The summed E-state index contributed by atoms with van der Waals surface area (Å²) >= 11 is 5.96. The van der Waals surface area contributed by atoms with Gasteiger partial charge in [-0.25, -0.2) is 0 Å². The fourth-order valence-electron chi connectivity index (χ4n) is 2.74. The van der Waals surface area contributed by atoms with Crippen molar-refractivity contribution in [3.05, 3.63) is 40.5 Å². The minimum Gasteiger partial charge on any atom is -0.316 e. The molecule has 0 saturated carbocycles. The third-order valence-electron chi connectivity index (χ3n) is 3.71. The number of aromatic nitrogens is 2. The van der Waals surface area contributed by atoms with Crippen molar-refractivity contribution in [3.63, 3.8) is 0 Å². The van der Waals surface area contributed by atoms with Crippen LogP contribution in [0.3, 0.4) is 0 Å². The molecule has 1 N–H and O–H groups in total. The first kappa shape index (κ1) is 20.2. The zero-order chi connectivity index (χ0) is 17.9. The van der Waals surface area contributed by atoms with E-state index in [9.17, 15) is 0 Å². The maximum absolute atomic E-state index is 7.32. The van der Waals surface area contributed by atoms with E-state index in [0.29, 0.717) is 0 Å². The second kappa shape index (κ2) is 10.9. The van der Waals surface area contributed by atoms with Crippen LogP contribution >= 0.6 is 11.6 Å². The molecule has 0 atom stereocenters. The van der Waals surface area contributed by atoms with Gasteiger partial charge in [-0.2, -0.15) is 10.4 Å². The molecule has 0 bridgehead atoms. The molecule has 0 amide bonds. The first-order valence-electron chi connectivity index (χ1n) is 8.49. The molecule has 130 valence electrons. The predicted octanol–water partition coefficient (Wildman–Crippen LogP) is 4.37. The number of rotatable bonds is 1. The van der Waals surface area contributed by atoms with Crippen molar-refractivity contribution < 1.29 is 0 Å². The van der Waals surface area contributed by atoms with Gasteiger partial charge in [0.2, 0.25) is 0 Å². The Morgan fingerprint density at radius 2 is 1.79 bits per heavy atom. The molecular formula is C19H27ClN4.